The van der Waals surface area contributed by atoms with Gasteiger partial charge in [-0.3, -0.25) is 19.3 Å². The van der Waals surface area contributed by atoms with Crippen LogP contribution in [0.1, 0.15) is 25.7 Å². The number of hydrogen-bond donors (Lipinski definition) is 1. The van der Waals surface area contributed by atoms with Crippen LogP contribution in [0.2, 0.25) is 0 Å². The number of ether oxygens (including phenoxy) is 1. The van der Waals surface area contributed by atoms with E-state index in [-0.39, 0.29) is 18.0 Å². The van der Waals surface area contributed by atoms with E-state index in [1.807, 2.05) is 0 Å². The van der Waals surface area contributed by atoms with Gasteiger partial charge in [0.05, 0.1) is 11.0 Å². The molecule has 0 amide bonds. The highest BCUT2D eigenvalue weighted by Gasteiger charge is 2.28. The van der Waals surface area contributed by atoms with E-state index in [0.29, 0.717) is 5.65 Å². The molecule has 2 heterocycles. The molecule has 0 saturated heterocycles. The van der Waals surface area contributed by atoms with Gasteiger partial charge in [0.25, 0.3) is 0 Å². The quantitative estimate of drug-likeness (QED) is 0.683. The summed E-state index contributed by atoms with van der Waals surface area (Å²) in [6.07, 6.45) is 5.15. The van der Waals surface area contributed by atoms with Gasteiger partial charge in [-0.05, 0) is 37.8 Å². The van der Waals surface area contributed by atoms with E-state index >= 15 is 0 Å². The Labute approximate surface area is 132 Å². The topological polar surface area (TPSA) is 98.8 Å². The largest absolute Gasteiger partial charge is 0.381 e. The molecule has 2 aromatic rings. The lowest BCUT2D eigenvalue weighted by atomic mass is 9.93. The molecule has 2 unspecified atom stereocenters. The SMILES string of the molecule is COC1CCCC(Nc2nc3ccccn3c(=O)c2[N+](=O)[O-])C1. The van der Waals surface area contributed by atoms with E-state index in [1.165, 1.54) is 10.6 Å². The van der Waals surface area contributed by atoms with Gasteiger partial charge in [-0.2, -0.15) is 0 Å². The van der Waals surface area contributed by atoms with Gasteiger partial charge in [-0.15, -0.1) is 0 Å². The van der Waals surface area contributed by atoms with Crippen molar-refractivity contribution in [2.75, 3.05) is 12.4 Å². The minimum absolute atomic E-state index is 0.00506. The van der Waals surface area contributed by atoms with Crippen molar-refractivity contribution < 1.29 is 9.66 Å². The number of nitro groups is 1. The molecule has 0 radical (unpaired) electrons. The summed E-state index contributed by atoms with van der Waals surface area (Å²) in [5.74, 6) is 0.0351. The van der Waals surface area contributed by atoms with Crippen molar-refractivity contribution in [3.05, 3.63) is 44.9 Å². The fraction of sp³-hybridized carbons (Fsp3) is 0.467. The summed E-state index contributed by atoms with van der Waals surface area (Å²) in [7, 11) is 1.66. The molecule has 2 aromatic heterocycles. The fourth-order valence-electron chi connectivity index (χ4n) is 3.03. The van der Waals surface area contributed by atoms with Crippen molar-refractivity contribution >= 4 is 17.2 Å². The summed E-state index contributed by atoms with van der Waals surface area (Å²) in [5, 5.41) is 14.4. The van der Waals surface area contributed by atoms with Crippen LogP contribution in [-0.2, 0) is 4.74 Å². The van der Waals surface area contributed by atoms with Gasteiger partial charge in [0.1, 0.15) is 5.65 Å². The molecule has 8 heteroatoms. The van der Waals surface area contributed by atoms with Crippen molar-refractivity contribution in [3.8, 4) is 0 Å². The monoisotopic (exact) mass is 318 g/mol. The third kappa shape index (κ3) is 3.02. The van der Waals surface area contributed by atoms with Crippen LogP contribution in [-0.4, -0.2) is 33.6 Å². The number of pyridine rings is 1. The van der Waals surface area contributed by atoms with E-state index in [1.54, 1.807) is 25.3 Å². The van der Waals surface area contributed by atoms with Gasteiger partial charge in [-0.25, -0.2) is 4.98 Å². The second-order valence-electron chi connectivity index (χ2n) is 5.67. The van der Waals surface area contributed by atoms with Gasteiger partial charge in [0.15, 0.2) is 0 Å². The number of methoxy groups -OCH3 is 1. The predicted molar refractivity (Wildman–Crippen MR) is 84.8 cm³/mol. The average Bonchev–Trinajstić information content (AvgIpc) is 2.55. The first-order chi connectivity index (χ1) is 11.1. The average molecular weight is 318 g/mol. The summed E-state index contributed by atoms with van der Waals surface area (Å²) < 4.78 is 6.55. The number of nitrogens with one attached hydrogen (secondary N) is 1. The first-order valence-electron chi connectivity index (χ1n) is 7.55. The number of rotatable bonds is 4. The van der Waals surface area contributed by atoms with Crippen molar-refractivity contribution in [1.82, 2.24) is 9.38 Å². The Kier molecular flexibility index (Phi) is 4.24. The van der Waals surface area contributed by atoms with Crippen molar-refractivity contribution in [1.29, 1.82) is 0 Å². The van der Waals surface area contributed by atoms with Crippen LogP contribution in [0.3, 0.4) is 0 Å². The minimum Gasteiger partial charge on any atom is -0.381 e. The zero-order valence-electron chi connectivity index (χ0n) is 12.8. The number of hydrogen-bond acceptors (Lipinski definition) is 6. The maximum absolute atomic E-state index is 12.4. The number of fused-ring (bicyclic) bond motifs is 1. The predicted octanol–water partition coefficient (Wildman–Crippen LogP) is 1.97. The number of anilines is 1. The van der Waals surface area contributed by atoms with Crippen molar-refractivity contribution in [3.63, 3.8) is 0 Å². The zero-order chi connectivity index (χ0) is 16.4. The lowest BCUT2D eigenvalue weighted by Crippen LogP contribution is -2.32. The third-order valence-electron chi connectivity index (χ3n) is 4.19. The Bertz CT molecular complexity index is 789. The Morgan fingerprint density at radius 2 is 2.26 bits per heavy atom. The lowest BCUT2D eigenvalue weighted by Gasteiger charge is -2.28. The molecule has 0 bridgehead atoms. The summed E-state index contributed by atoms with van der Waals surface area (Å²) in [6.45, 7) is 0. The van der Waals surface area contributed by atoms with Crippen molar-refractivity contribution in [2.45, 2.75) is 37.8 Å². The Balaban J connectivity index is 2.00. The zero-order valence-corrected chi connectivity index (χ0v) is 12.8. The smallest absolute Gasteiger partial charge is 0.376 e. The van der Waals surface area contributed by atoms with E-state index in [9.17, 15) is 14.9 Å². The molecule has 0 aliphatic heterocycles. The van der Waals surface area contributed by atoms with Gasteiger partial charge in [-0.1, -0.05) is 6.07 Å². The van der Waals surface area contributed by atoms with Crippen LogP contribution < -0.4 is 10.9 Å². The van der Waals surface area contributed by atoms with Crippen LogP contribution in [0, 0.1) is 10.1 Å². The maximum atomic E-state index is 12.4. The van der Waals surface area contributed by atoms with Crippen LogP contribution in [0.25, 0.3) is 5.65 Å². The van der Waals surface area contributed by atoms with Crippen LogP contribution in [0.15, 0.2) is 29.2 Å². The molecule has 1 aliphatic carbocycles. The molecule has 1 fully saturated rings. The summed E-state index contributed by atoms with van der Waals surface area (Å²) in [6, 6.07) is 5.02. The first-order valence-corrected chi connectivity index (χ1v) is 7.55. The van der Waals surface area contributed by atoms with Gasteiger partial charge in [0, 0.05) is 19.3 Å². The maximum Gasteiger partial charge on any atom is 0.376 e. The van der Waals surface area contributed by atoms with Gasteiger partial charge < -0.3 is 10.1 Å². The Hall–Kier alpha value is -2.48. The lowest BCUT2D eigenvalue weighted by molar-refractivity contribution is -0.385. The summed E-state index contributed by atoms with van der Waals surface area (Å²) >= 11 is 0. The molecule has 3 rings (SSSR count). The van der Waals surface area contributed by atoms with Crippen LogP contribution in [0.4, 0.5) is 11.5 Å². The second kappa shape index (κ2) is 6.33. The molecule has 1 aliphatic rings. The van der Waals surface area contributed by atoms with Crippen molar-refractivity contribution in [2.24, 2.45) is 0 Å². The molecule has 23 heavy (non-hydrogen) atoms. The second-order valence-corrected chi connectivity index (χ2v) is 5.67. The highest BCUT2D eigenvalue weighted by molar-refractivity contribution is 5.60. The Morgan fingerprint density at radius 3 is 3.00 bits per heavy atom. The van der Waals surface area contributed by atoms with E-state index in [2.05, 4.69) is 10.3 Å². The summed E-state index contributed by atoms with van der Waals surface area (Å²) in [5.41, 5.74) is -0.819. The summed E-state index contributed by atoms with van der Waals surface area (Å²) in [4.78, 5) is 27.3. The van der Waals surface area contributed by atoms with Crippen LogP contribution in [0.5, 0.6) is 0 Å². The number of nitrogens with zero attached hydrogens (tertiary/aromatic N) is 3. The van der Waals surface area contributed by atoms with E-state index in [4.69, 9.17) is 4.74 Å². The number of aromatic nitrogens is 2. The normalized spacial score (nSPS) is 21.3. The molecule has 1 N–H and O–H groups in total. The minimum atomic E-state index is -0.679. The highest BCUT2D eigenvalue weighted by Crippen LogP contribution is 2.26. The molecule has 1 saturated carbocycles. The first kappa shape index (κ1) is 15.4. The molecule has 2 atom stereocenters. The molecule has 0 spiro atoms. The van der Waals surface area contributed by atoms with E-state index < -0.39 is 16.2 Å². The van der Waals surface area contributed by atoms with Gasteiger partial charge >= 0.3 is 11.2 Å². The molecule has 0 aromatic carbocycles. The van der Waals surface area contributed by atoms with Crippen LogP contribution >= 0.6 is 0 Å². The molecule has 122 valence electrons. The molecule has 8 nitrogen and oxygen atoms in total. The molecular weight excluding hydrogens is 300 g/mol. The Morgan fingerprint density at radius 1 is 1.43 bits per heavy atom. The highest BCUT2D eigenvalue weighted by atomic mass is 16.6. The van der Waals surface area contributed by atoms with Gasteiger partial charge in [0.2, 0.25) is 5.82 Å². The third-order valence-corrected chi connectivity index (χ3v) is 4.19. The fourth-order valence-corrected chi connectivity index (χ4v) is 3.03. The van der Waals surface area contributed by atoms with E-state index in [0.717, 1.165) is 25.7 Å². The standard InChI is InChI=1S/C15H18N4O4/c1-23-11-6-4-5-10(9-11)16-14-13(19(21)22)15(20)18-8-3-2-7-12(18)17-14/h2-3,7-8,10-11,16H,4-6,9H2,1H3. The molecular formula is C15H18N4O4.